The third kappa shape index (κ3) is 4.60. The molecule has 7 heteroatoms. The number of ether oxygens (including phenoxy) is 1. The molecule has 2 aromatic rings. The molecule has 6 nitrogen and oxygen atoms in total. The number of methoxy groups -OCH3 is 1. The summed E-state index contributed by atoms with van der Waals surface area (Å²) in [6.45, 7) is 0. The van der Waals surface area contributed by atoms with Gasteiger partial charge in [0.25, 0.3) is 0 Å². The van der Waals surface area contributed by atoms with Crippen molar-refractivity contribution in [3.63, 3.8) is 0 Å². The smallest absolute Gasteiger partial charge is 0.239 e. The molecule has 2 N–H and O–H groups in total. The SMILES string of the molecule is COc1ccc(C[C@H]2S/C(=N/N=C\c3ccc(O)cc3)NC2=O)cc1. The van der Waals surface area contributed by atoms with Crippen molar-refractivity contribution in [3.8, 4) is 11.5 Å². The number of thioether (sulfide) groups is 1. The molecule has 0 saturated carbocycles. The van der Waals surface area contributed by atoms with Gasteiger partial charge in [-0.05, 0) is 53.9 Å². The molecule has 1 fully saturated rings. The fourth-order valence-electron chi connectivity index (χ4n) is 2.27. The first kappa shape index (κ1) is 17.0. The summed E-state index contributed by atoms with van der Waals surface area (Å²) in [6.07, 6.45) is 2.18. The molecule has 0 radical (unpaired) electrons. The van der Waals surface area contributed by atoms with Gasteiger partial charge in [-0.25, -0.2) is 0 Å². The first-order valence-electron chi connectivity index (χ1n) is 7.64. The van der Waals surface area contributed by atoms with Crippen LogP contribution >= 0.6 is 11.8 Å². The van der Waals surface area contributed by atoms with Crippen molar-refractivity contribution in [3.05, 3.63) is 59.7 Å². The van der Waals surface area contributed by atoms with Crippen LogP contribution in [0.3, 0.4) is 0 Å². The van der Waals surface area contributed by atoms with Gasteiger partial charge < -0.3 is 15.2 Å². The topological polar surface area (TPSA) is 83.3 Å². The summed E-state index contributed by atoms with van der Waals surface area (Å²) >= 11 is 1.37. The van der Waals surface area contributed by atoms with Crippen molar-refractivity contribution in [2.45, 2.75) is 11.7 Å². The van der Waals surface area contributed by atoms with E-state index in [1.165, 1.54) is 11.8 Å². The van der Waals surface area contributed by atoms with E-state index in [0.29, 0.717) is 11.6 Å². The highest BCUT2D eigenvalue weighted by atomic mass is 32.2. The highest BCUT2D eigenvalue weighted by molar-refractivity contribution is 8.15. The maximum absolute atomic E-state index is 12.1. The lowest BCUT2D eigenvalue weighted by molar-refractivity contribution is -0.118. The number of hydrogen-bond acceptors (Lipinski definition) is 6. The summed E-state index contributed by atoms with van der Waals surface area (Å²) < 4.78 is 5.13. The second kappa shape index (κ2) is 7.85. The average molecular weight is 355 g/mol. The average Bonchev–Trinajstić information content (AvgIpc) is 2.97. The van der Waals surface area contributed by atoms with Crippen LogP contribution in [0.4, 0.5) is 0 Å². The molecule has 1 heterocycles. The van der Waals surface area contributed by atoms with Crippen molar-refractivity contribution in [2.75, 3.05) is 7.11 Å². The van der Waals surface area contributed by atoms with E-state index in [2.05, 4.69) is 15.5 Å². The number of amides is 1. The quantitative estimate of drug-likeness (QED) is 0.638. The highest BCUT2D eigenvalue weighted by Crippen LogP contribution is 2.24. The Kier molecular flexibility index (Phi) is 5.35. The lowest BCUT2D eigenvalue weighted by atomic mass is 10.1. The van der Waals surface area contributed by atoms with Gasteiger partial charge in [-0.1, -0.05) is 23.9 Å². The van der Waals surface area contributed by atoms with Crippen molar-refractivity contribution < 1.29 is 14.6 Å². The number of aromatic hydroxyl groups is 1. The molecule has 0 unspecified atom stereocenters. The number of carbonyl (C=O) groups excluding carboxylic acids is 1. The molecule has 1 aliphatic rings. The molecule has 1 amide bonds. The standard InChI is InChI=1S/C18H17N3O3S/c1-24-15-8-4-12(5-9-15)10-16-17(23)20-18(25-16)21-19-11-13-2-6-14(22)7-3-13/h2-9,11,16,22H,10H2,1H3,(H,20,21,23)/b19-11-/t16-/m1/s1. The van der Waals surface area contributed by atoms with Crippen LogP contribution in [0.15, 0.2) is 58.7 Å². The number of carbonyl (C=O) groups is 1. The maximum Gasteiger partial charge on any atom is 0.239 e. The third-order valence-corrected chi connectivity index (χ3v) is 4.68. The lowest BCUT2D eigenvalue weighted by Crippen LogP contribution is -2.25. The van der Waals surface area contributed by atoms with Crippen LogP contribution in [-0.4, -0.2) is 34.8 Å². The molecule has 0 spiro atoms. The summed E-state index contributed by atoms with van der Waals surface area (Å²) in [6, 6.07) is 14.3. The number of rotatable bonds is 5. The molecular weight excluding hydrogens is 338 g/mol. The second-order valence-electron chi connectivity index (χ2n) is 5.39. The summed E-state index contributed by atoms with van der Waals surface area (Å²) in [5.74, 6) is 0.918. The number of amidine groups is 1. The summed E-state index contributed by atoms with van der Waals surface area (Å²) in [7, 11) is 1.62. The monoisotopic (exact) mass is 355 g/mol. The third-order valence-electron chi connectivity index (χ3n) is 3.61. The summed E-state index contributed by atoms with van der Waals surface area (Å²) in [5, 5.41) is 20.3. The van der Waals surface area contributed by atoms with E-state index in [1.807, 2.05) is 24.3 Å². The Hall–Kier alpha value is -2.80. The number of nitrogens with one attached hydrogen (secondary N) is 1. The Labute approximate surface area is 149 Å². The van der Waals surface area contributed by atoms with Crippen LogP contribution in [0.5, 0.6) is 11.5 Å². The number of phenols is 1. The lowest BCUT2D eigenvalue weighted by Gasteiger charge is -2.06. The number of benzene rings is 2. The minimum Gasteiger partial charge on any atom is -0.508 e. The van der Waals surface area contributed by atoms with E-state index in [-0.39, 0.29) is 16.9 Å². The molecule has 2 aromatic carbocycles. The van der Waals surface area contributed by atoms with Gasteiger partial charge in [0, 0.05) is 0 Å². The van der Waals surface area contributed by atoms with Crippen LogP contribution in [0.2, 0.25) is 0 Å². The van der Waals surface area contributed by atoms with Gasteiger partial charge in [0.15, 0.2) is 5.17 Å². The second-order valence-corrected chi connectivity index (χ2v) is 6.58. The molecule has 25 heavy (non-hydrogen) atoms. The van der Waals surface area contributed by atoms with Crippen molar-refractivity contribution in [1.82, 2.24) is 5.32 Å². The molecule has 0 aliphatic carbocycles. The zero-order valence-corrected chi connectivity index (χ0v) is 14.4. The van der Waals surface area contributed by atoms with Crippen molar-refractivity contribution in [2.24, 2.45) is 10.2 Å². The first-order valence-corrected chi connectivity index (χ1v) is 8.52. The van der Waals surface area contributed by atoms with E-state index < -0.39 is 0 Å². The molecule has 0 aromatic heterocycles. The van der Waals surface area contributed by atoms with Crippen molar-refractivity contribution in [1.29, 1.82) is 0 Å². The zero-order valence-electron chi connectivity index (χ0n) is 13.5. The number of phenolic OH excluding ortho intramolecular Hbond substituents is 1. The summed E-state index contributed by atoms with van der Waals surface area (Å²) in [5.41, 5.74) is 1.87. The highest BCUT2D eigenvalue weighted by Gasteiger charge is 2.30. The first-order chi connectivity index (χ1) is 12.1. The molecule has 1 saturated heterocycles. The Morgan fingerprint density at radius 3 is 2.60 bits per heavy atom. The molecule has 128 valence electrons. The molecule has 3 rings (SSSR count). The Balaban J connectivity index is 1.60. The predicted octanol–water partition coefficient (Wildman–Crippen LogP) is 2.57. The van der Waals surface area contributed by atoms with Crippen LogP contribution in [0.25, 0.3) is 0 Å². The van der Waals surface area contributed by atoms with E-state index in [4.69, 9.17) is 4.74 Å². The van der Waals surface area contributed by atoms with E-state index in [1.54, 1.807) is 37.6 Å². The van der Waals surface area contributed by atoms with Crippen LogP contribution < -0.4 is 10.1 Å². The van der Waals surface area contributed by atoms with Gasteiger partial charge in [-0.15, -0.1) is 5.10 Å². The molecule has 0 bridgehead atoms. The van der Waals surface area contributed by atoms with Crippen LogP contribution in [0, 0.1) is 0 Å². The molecule has 1 aliphatic heterocycles. The van der Waals surface area contributed by atoms with E-state index in [0.717, 1.165) is 16.9 Å². The van der Waals surface area contributed by atoms with Gasteiger partial charge in [-0.3, -0.25) is 4.79 Å². The zero-order chi connectivity index (χ0) is 17.6. The van der Waals surface area contributed by atoms with Gasteiger partial charge in [0.2, 0.25) is 5.91 Å². The van der Waals surface area contributed by atoms with Crippen LogP contribution in [0.1, 0.15) is 11.1 Å². The molecular formula is C18H17N3O3S. The maximum atomic E-state index is 12.1. The van der Waals surface area contributed by atoms with E-state index >= 15 is 0 Å². The Bertz CT molecular complexity index is 801. The fraction of sp³-hybridized carbons (Fsp3) is 0.167. The summed E-state index contributed by atoms with van der Waals surface area (Å²) in [4.78, 5) is 12.1. The minimum atomic E-state index is -0.226. The Morgan fingerprint density at radius 2 is 1.92 bits per heavy atom. The van der Waals surface area contributed by atoms with E-state index in [9.17, 15) is 9.90 Å². The Morgan fingerprint density at radius 1 is 1.20 bits per heavy atom. The van der Waals surface area contributed by atoms with Crippen molar-refractivity contribution >= 4 is 29.1 Å². The van der Waals surface area contributed by atoms with Gasteiger partial charge in [0.05, 0.1) is 18.6 Å². The fourth-order valence-corrected chi connectivity index (χ4v) is 3.24. The normalized spacial score (nSPS) is 18.7. The predicted molar refractivity (Wildman–Crippen MR) is 99.4 cm³/mol. The van der Waals surface area contributed by atoms with Gasteiger partial charge in [-0.2, -0.15) is 5.10 Å². The van der Waals surface area contributed by atoms with Gasteiger partial charge >= 0.3 is 0 Å². The number of nitrogens with zero attached hydrogens (tertiary/aromatic N) is 2. The largest absolute Gasteiger partial charge is 0.508 e. The number of hydrogen-bond donors (Lipinski definition) is 2. The molecule has 1 atom stereocenters. The van der Waals surface area contributed by atoms with Gasteiger partial charge in [0.1, 0.15) is 11.5 Å². The minimum absolute atomic E-state index is 0.0700. The van der Waals surface area contributed by atoms with Crippen LogP contribution in [-0.2, 0) is 11.2 Å².